The number of nitrogens with zero attached hydrogens (tertiary/aromatic N) is 1. The fraction of sp³-hybridized carbons (Fsp3) is 0.417. The first kappa shape index (κ1) is 13.4. The Morgan fingerprint density at radius 3 is 2.71 bits per heavy atom. The highest BCUT2D eigenvalue weighted by Crippen LogP contribution is 2.27. The molecule has 1 atom stereocenters. The fourth-order valence-electron chi connectivity index (χ4n) is 1.70. The van der Waals surface area contributed by atoms with Crippen LogP contribution in [0.15, 0.2) is 18.2 Å². The zero-order valence-electron chi connectivity index (χ0n) is 9.98. The molecule has 94 valence electrons. The second-order valence-electron chi connectivity index (χ2n) is 3.86. The molecule has 4 nitrogen and oxygen atoms in total. The summed E-state index contributed by atoms with van der Waals surface area (Å²) >= 11 is 0. The molecule has 1 amide bonds. The van der Waals surface area contributed by atoms with Crippen LogP contribution in [-0.2, 0) is 4.79 Å². The lowest BCUT2D eigenvalue weighted by Crippen LogP contribution is -2.34. The summed E-state index contributed by atoms with van der Waals surface area (Å²) in [5, 5.41) is 9.60. The molecule has 0 aliphatic heterocycles. The minimum atomic E-state index is -0.803. The molecule has 17 heavy (non-hydrogen) atoms. The van der Waals surface area contributed by atoms with Crippen molar-refractivity contribution in [2.45, 2.75) is 20.0 Å². The summed E-state index contributed by atoms with van der Waals surface area (Å²) < 4.78 is 13.1. The predicted octanol–water partition coefficient (Wildman–Crippen LogP) is 1.19. The number of rotatable bonds is 5. The van der Waals surface area contributed by atoms with Crippen LogP contribution < -0.4 is 10.6 Å². The molecule has 0 aliphatic rings. The van der Waals surface area contributed by atoms with Gasteiger partial charge < -0.3 is 15.7 Å². The first-order valence-electron chi connectivity index (χ1n) is 5.46. The number of anilines is 1. The third kappa shape index (κ3) is 3.42. The molecule has 0 saturated carbocycles. The lowest BCUT2D eigenvalue weighted by atomic mass is 10.1. The summed E-state index contributed by atoms with van der Waals surface area (Å²) in [6, 6.07) is 4.11. The minimum Gasteiger partial charge on any atom is -0.389 e. The summed E-state index contributed by atoms with van der Waals surface area (Å²) in [7, 11) is 0. The van der Waals surface area contributed by atoms with Gasteiger partial charge in [-0.3, -0.25) is 4.79 Å². The Hall–Kier alpha value is -1.62. The van der Waals surface area contributed by atoms with Crippen molar-refractivity contribution >= 4 is 11.6 Å². The van der Waals surface area contributed by atoms with E-state index in [4.69, 9.17) is 5.73 Å². The van der Waals surface area contributed by atoms with Crippen molar-refractivity contribution in [2.24, 2.45) is 5.73 Å². The van der Waals surface area contributed by atoms with Crippen molar-refractivity contribution in [2.75, 3.05) is 18.0 Å². The quantitative estimate of drug-likeness (QED) is 0.812. The SMILES string of the molecule is CCN(CC(N)=O)c1ccc(F)cc1[C@@H](C)O. The largest absolute Gasteiger partial charge is 0.389 e. The average molecular weight is 240 g/mol. The van der Waals surface area contributed by atoms with E-state index >= 15 is 0 Å². The number of nitrogens with two attached hydrogens (primary N) is 1. The number of amides is 1. The van der Waals surface area contributed by atoms with Gasteiger partial charge in [-0.15, -0.1) is 0 Å². The Morgan fingerprint density at radius 2 is 2.24 bits per heavy atom. The summed E-state index contributed by atoms with van der Waals surface area (Å²) in [4.78, 5) is 12.6. The Morgan fingerprint density at radius 1 is 1.59 bits per heavy atom. The van der Waals surface area contributed by atoms with E-state index in [1.54, 1.807) is 17.9 Å². The lowest BCUT2D eigenvalue weighted by Gasteiger charge is -2.25. The third-order valence-electron chi connectivity index (χ3n) is 2.51. The first-order chi connectivity index (χ1) is 7.95. The maximum atomic E-state index is 13.1. The van der Waals surface area contributed by atoms with Crippen LogP contribution in [0.1, 0.15) is 25.5 Å². The molecule has 0 heterocycles. The number of carbonyl (C=O) groups is 1. The summed E-state index contributed by atoms with van der Waals surface area (Å²) in [6.45, 7) is 4.00. The second-order valence-corrected chi connectivity index (χ2v) is 3.86. The van der Waals surface area contributed by atoms with Crippen LogP contribution in [0.2, 0.25) is 0 Å². The number of likely N-dealkylation sites (N-methyl/N-ethyl adjacent to an activating group) is 1. The van der Waals surface area contributed by atoms with Crippen LogP contribution in [0, 0.1) is 5.82 Å². The standard InChI is InChI=1S/C12H17FN2O2/c1-3-15(7-12(14)17)11-5-4-9(13)6-10(11)8(2)16/h4-6,8,16H,3,7H2,1-2H3,(H2,14,17)/t8-/m1/s1. The molecule has 1 aromatic rings. The number of halogens is 1. The van der Waals surface area contributed by atoms with Crippen molar-refractivity contribution in [3.63, 3.8) is 0 Å². The van der Waals surface area contributed by atoms with Crippen molar-refractivity contribution in [1.29, 1.82) is 0 Å². The maximum Gasteiger partial charge on any atom is 0.236 e. The van der Waals surface area contributed by atoms with Crippen molar-refractivity contribution in [1.82, 2.24) is 0 Å². The van der Waals surface area contributed by atoms with E-state index in [2.05, 4.69) is 0 Å². The lowest BCUT2D eigenvalue weighted by molar-refractivity contribution is -0.116. The molecular weight excluding hydrogens is 223 g/mol. The van der Waals surface area contributed by atoms with Gasteiger partial charge in [-0.2, -0.15) is 0 Å². The highest BCUT2D eigenvalue weighted by molar-refractivity contribution is 5.80. The van der Waals surface area contributed by atoms with E-state index < -0.39 is 17.8 Å². The van der Waals surface area contributed by atoms with Crippen LogP contribution in [-0.4, -0.2) is 24.1 Å². The summed E-state index contributed by atoms with van der Waals surface area (Å²) in [5.74, 6) is -0.882. The van der Waals surface area contributed by atoms with Gasteiger partial charge in [-0.05, 0) is 32.0 Å². The Kier molecular flexibility index (Phi) is 4.45. The van der Waals surface area contributed by atoms with Crippen molar-refractivity contribution < 1.29 is 14.3 Å². The first-order valence-corrected chi connectivity index (χ1v) is 5.46. The van der Waals surface area contributed by atoms with Gasteiger partial charge in [0.15, 0.2) is 0 Å². The van der Waals surface area contributed by atoms with Gasteiger partial charge in [-0.25, -0.2) is 4.39 Å². The number of benzene rings is 1. The van der Waals surface area contributed by atoms with E-state index in [0.29, 0.717) is 17.8 Å². The molecule has 0 aliphatic carbocycles. The molecule has 0 bridgehead atoms. The van der Waals surface area contributed by atoms with Gasteiger partial charge in [0.25, 0.3) is 0 Å². The minimum absolute atomic E-state index is 0.0435. The zero-order chi connectivity index (χ0) is 13.0. The molecule has 0 aromatic heterocycles. The Labute approximate surface area is 99.8 Å². The highest BCUT2D eigenvalue weighted by Gasteiger charge is 2.15. The molecule has 0 unspecified atom stereocenters. The molecule has 1 rings (SSSR count). The molecular formula is C12H17FN2O2. The number of aliphatic hydroxyl groups excluding tert-OH is 1. The van der Waals surface area contributed by atoms with Gasteiger partial charge in [-0.1, -0.05) is 0 Å². The van der Waals surface area contributed by atoms with Gasteiger partial charge in [0.2, 0.25) is 5.91 Å². The summed E-state index contributed by atoms with van der Waals surface area (Å²) in [6.07, 6.45) is -0.803. The smallest absolute Gasteiger partial charge is 0.236 e. The molecule has 0 spiro atoms. The van der Waals surface area contributed by atoms with Crippen LogP contribution in [0.25, 0.3) is 0 Å². The summed E-state index contributed by atoms with van der Waals surface area (Å²) in [5.41, 5.74) is 6.22. The van der Waals surface area contributed by atoms with Gasteiger partial charge in [0.05, 0.1) is 12.6 Å². The molecule has 0 saturated heterocycles. The van der Waals surface area contributed by atoms with Crippen LogP contribution in [0.3, 0.4) is 0 Å². The molecule has 0 radical (unpaired) electrons. The maximum absolute atomic E-state index is 13.1. The van der Waals surface area contributed by atoms with Crippen molar-refractivity contribution in [3.8, 4) is 0 Å². The number of aliphatic hydroxyl groups is 1. The molecule has 0 fully saturated rings. The van der Waals surface area contributed by atoms with Gasteiger partial charge in [0.1, 0.15) is 5.82 Å². The Bertz CT molecular complexity index is 407. The fourth-order valence-corrected chi connectivity index (χ4v) is 1.70. The zero-order valence-corrected chi connectivity index (χ0v) is 9.98. The van der Waals surface area contributed by atoms with Crippen molar-refractivity contribution in [3.05, 3.63) is 29.6 Å². The number of primary amides is 1. The highest BCUT2D eigenvalue weighted by atomic mass is 19.1. The predicted molar refractivity (Wildman–Crippen MR) is 64.1 cm³/mol. The van der Waals surface area contributed by atoms with E-state index in [9.17, 15) is 14.3 Å². The van der Waals surface area contributed by atoms with Crippen LogP contribution in [0.4, 0.5) is 10.1 Å². The second kappa shape index (κ2) is 5.63. The number of hydrogen-bond acceptors (Lipinski definition) is 3. The van der Waals surface area contributed by atoms with Crippen LogP contribution in [0.5, 0.6) is 0 Å². The third-order valence-corrected chi connectivity index (χ3v) is 2.51. The molecule has 1 aromatic carbocycles. The van der Waals surface area contributed by atoms with Gasteiger partial charge in [0, 0.05) is 17.8 Å². The number of hydrogen-bond donors (Lipinski definition) is 2. The van der Waals surface area contributed by atoms with E-state index in [0.717, 1.165) is 0 Å². The normalized spacial score (nSPS) is 12.2. The number of carbonyl (C=O) groups excluding carboxylic acids is 1. The molecule has 3 N–H and O–H groups in total. The van der Waals surface area contributed by atoms with E-state index in [-0.39, 0.29) is 6.54 Å². The molecule has 5 heteroatoms. The van der Waals surface area contributed by atoms with Crippen LogP contribution >= 0.6 is 0 Å². The topological polar surface area (TPSA) is 66.6 Å². The average Bonchev–Trinajstić information content (AvgIpc) is 2.25. The van der Waals surface area contributed by atoms with Gasteiger partial charge >= 0.3 is 0 Å². The Balaban J connectivity index is 3.13. The van der Waals surface area contributed by atoms with E-state index in [1.165, 1.54) is 12.1 Å². The van der Waals surface area contributed by atoms with E-state index in [1.807, 2.05) is 6.92 Å². The monoisotopic (exact) mass is 240 g/mol.